The molecule has 17 heavy (non-hydrogen) atoms. The first-order chi connectivity index (χ1) is 8.17. The van der Waals surface area contributed by atoms with E-state index < -0.39 is 0 Å². The van der Waals surface area contributed by atoms with Crippen LogP contribution in [0.4, 0.5) is 5.82 Å². The Morgan fingerprint density at radius 2 is 2.18 bits per heavy atom. The highest BCUT2D eigenvalue weighted by molar-refractivity contribution is 7.98. The van der Waals surface area contributed by atoms with Crippen molar-refractivity contribution in [1.29, 1.82) is 0 Å². The summed E-state index contributed by atoms with van der Waals surface area (Å²) in [6, 6.07) is 0.220. The second-order valence-electron chi connectivity index (χ2n) is 4.42. The van der Waals surface area contributed by atoms with Gasteiger partial charge in [0.15, 0.2) is 5.16 Å². The first-order valence-corrected chi connectivity index (χ1v) is 7.16. The molecule has 0 saturated carbocycles. The van der Waals surface area contributed by atoms with E-state index in [-0.39, 0.29) is 12.6 Å². The first kappa shape index (κ1) is 12.6. The van der Waals surface area contributed by atoms with Gasteiger partial charge in [0.05, 0.1) is 12.6 Å². The van der Waals surface area contributed by atoms with Crippen LogP contribution in [0.1, 0.15) is 24.1 Å². The number of hydrogen-bond donors (Lipinski definition) is 1. The number of aliphatic hydroxyl groups excluding tert-OH is 1. The molecule has 1 atom stereocenters. The van der Waals surface area contributed by atoms with Crippen molar-refractivity contribution in [3.63, 3.8) is 0 Å². The molecule has 1 aromatic heterocycles. The topological polar surface area (TPSA) is 49.2 Å². The highest BCUT2D eigenvalue weighted by atomic mass is 32.2. The standard InChI is InChI=1S/C12H19N3OS/c1-8-9(2)13-12(17-3)14-11(8)15-6-4-5-10(15)7-16/h10,16H,4-7H2,1-3H3. The van der Waals surface area contributed by atoms with E-state index in [1.807, 2.05) is 13.2 Å². The second kappa shape index (κ2) is 5.23. The van der Waals surface area contributed by atoms with Crippen LogP contribution in [0.5, 0.6) is 0 Å². The maximum Gasteiger partial charge on any atom is 0.189 e. The quantitative estimate of drug-likeness (QED) is 0.657. The van der Waals surface area contributed by atoms with E-state index in [1.165, 1.54) is 0 Å². The molecule has 4 nitrogen and oxygen atoms in total. The largest absolute Gasteiger partial charge is 0.394 e. The predicted molar refractivity (Wildman–Crippen MR) is 70.7 cm³/mol. The highest BCUT2D eigenvalue weighted by Gasteiger charge is 2.27. The van der Waals surface area contributed by atoms with Crippen LogP contribution in [-0.4, -0.2) is 40.5 Å². The van der Waals surface area contributed by atoms with E-state index in [0.29, 0.717) is 0 Å². The van der Waals surface area contributed by atoms with Gasteiger partial charge in [-0.1, -0.05) is 11.8 Å². The van der Waals surface area contributed by atoms with Crippen molar-refractivity contribution in [2.24, 2.45) is 0 Å². The van der Waals surface area contributed by atoms with Gasteiger partial charge in [0, 0.05) is 17.8 Å². The van der Waals surface area contributed by atoms with Gasteiger partial charge in [-0.3, -0.25) is 0 Å². The van der Waals surface area contributed by atoms with Crippen LogP contribution in [0.2, 0.25) is 0 Å². The van der Waals surface area contributed by atoms with Crippen LogP contribution in [0.3, 0.4) is 0 Å². The van der Waals surface area contributed by atoms with Crippen molar-refractivity contribution in [2.75, 3.05) is 24.3 Å². The summed E-state index contributed by atoms with van der Waals surface area (Å²) < 4.78 is 0. The van der Waals surface area contributed by atoms with E-state index in [2.05, 4.69) is 21.8 Å². The average molecular weight is 253 g/mol. The lowest BCUT2D eigenvalue weighted by atomic mass is 10.2. The molecule has 5 heteroatoms. The summed E-state index contributed by atoms with van der Waals surface area (Å²) in [4.78, 5) is 11.3. The van der Waals surface area contributed by atoms with Crippen molar-refractivity contribution in [3.05, 3.63) is 11.3 Å². The molecule has 1 aromatic rings. The minimum absolute atomic E-state index is 0.205. The van der Waals surface area contributed by atoms with E-state index in [1.54, 1.807) is 11.8 Å². The Kier molecular flexibility index (Phi) is 3.89. The zero-order chi connectivity index (χ0) is 12.4. The molecule has 2 rings (SSSR count). The summed E-state index contributed by atoms with van der Waals surface area (Å²) in [6.07, 6.45) is 4.16. The van der Waals surface area contributed by atoms with E-state index in [9.17, 15) is 5.11 Å². The van der Waals surface area contributed by atoms with Crippen molar-refractivity contribution >= 4 is 17.6 Å². The average Bonchev–Trinajstić information content (AvgIpc) is 2.80. The molecule has 1 fully saturated rings. The third-order valence-electron chi connectivity index (χ3n) is 3.39. The number of anilines is 1. The third-order valence-corrected chi connectivity index (χ3v) is 3.93. The Balaban J connectivity index is 2.39. The van der Waals surface area contributed by atoms with Crippen LogP contribution in [0.25, 0.3) is 0 Å². The number of thioether (sulfide) groups is 1. The zero-order valence-corrected chi connectivity index (χ0v) is 11.4. The smallest absolute Gasteiger partial charge is 0.189 e. The summed E-state index contributed by atoms with van der Waals surface area (Å²) in [7, 11) is 0. The lowest BCUT2D eigenvalue weighted by Crippen LogP contribution is -2.33. The molecule has 1 N–H and O–H groups in total. The maximum atomic E-state index is 9.39. The van der Waals surface area contributed by atoms with Gasteiger partial charge in [0.2, 0.25) is 0 Å². The predicted octanol–water partition coefficient (Wildman–Crippen LogP) is 1.78. The van der Waals surface area contributed by atoms with Gasteiger partial charge in [0.25, 0.3) is 0 Å². The molecule has 1 aliphatic heterocycles. The Morgan fingerprint density at radius 1 is 1.41 bits per heavy atom. The Morgan fingerprint density at radius 3 is 2.82 bits per heavy atom. The summed E-state index contributed by atoms with van der Waals surface area (Å²) in [5, 5.41) is 10.2. The second-order valence-corrected chi connectivity index (χ2v) is 5.19. The lowest BCUT2D eigenvalue weighted by molar-refractivity contribution is 0.266. The minimum Gasteiger partial charge on any atom is -0.394 e. The van der Waals surface area contributed by atoms with Gasteiger partial charge in [-0.05, 0) is 32.9 Å². The van der Waals surface area contributed by atoms with Crippen LogP contribution < -0.4 is 4.90 Å². The van der Waals surface area contributed by atoms with Crippen molar-refractivity contribution < 1.29 is 5.11 Å². The van der Waals surface area contributed by atoms with Crippen LogP contribution >= 0.6 is 11.8 Å². The number of aromatic nitrogens is 2. The highest BCUT2D eigenvalue weighted by Crippen LogP contribution is 2.29. The molecule has 0 aromatic carbocycles. The normalized spacial score (nSPS) is 20.0. The SMILES string of the molecule is CSc1nc(C)c(C)c(N2CCCC2CO)n1. The maximum absolute atomic E-state index is 9.39. The molecule has 0 bridgehead atoms. The summed E-state index contributed by atoms with van der Waals surface area (Å²) >= 11 is 1.56. The van der Waals surface area contributed by atoms with Crippen LogP contribution in [-0.2, 0) is 0 Å². The van der Waals surface area contributed by atoms with Crippen molar-refractivity contribution in [3.8, 4) is 0 Å². The van der Waals surface area contributed by atoms with Crippen molar-refractivity contribution in [2.45, 2.75) is 37.9 Å². The van der Waals surface area contributed by atoms with E-state index >= 15 is 0 Å². The summed E-state index contributed by atoms with van der Waals surface area (Å²) in [5.41, 5.74) is 2.16. The fraction of sp³-hybridized carbons (Fsp3) is 0.667. The molecule has 2 heterocycles. The molecule has 1 saturated heterocycles. The molecular formula is C12H19N3OS. The number of rotatable bonds is 3. The number of aryl methyl sites for hydroxylation is 1. The van der Waals surface area contributed by atoms with Gasteiger partial charge in [-0.15, -0.1) is 0 Å². The number of hydrogen-bond acceptors (Lipinski definition) is 5. The van der Waals surface area contributed by atoms with Gasteiger partial charge in [0.1, 0.15) is 5.82 Å². The summed E-state index contributed by atoms with van der Waals surface area (Å²) in [5.74, 6) is 0.999. The molecule has 0 amide bonds. The molecule has 1 unspecified atom stereocenters. The Labute approximate surface area is 106 Å². The van der Waals surface area contributed by atoms with Gasteiger partial charge < -0.3 is 10.0 Å². The van der Waals surface area contributed by atoms with E-state index in [0.717, 1.165) is 41.6 Å². The molecule has 0 aliphatic carbocycles. The fourth-order valence-corrected chi connectivity index (χ4v) is 2.67. The minimum atomic E-state index is 0.205. The molecular weight excluding hydrogens is 234 g/mol. The Bertz CT molecular complexity index is 411. The molecule has 0 radical (unpaired) electrons. The third kappa shape index (κ3) is 2.40. The number of aliphatic hydroxyl groups is 1. The first-order valence-electron chi connectivity index (χ1n) is 5.94. The molecule has 1 aliphatic rings. The monoisotopic (exact) mass is 253 g/mol. The van der Waals surface area contributed by atoms with E-state index in [4.69, 9.17) is 0 Å². The van der Waals surface area contributed by atoms with Gasteiger partial charge >= 0.3 is 0 Å². The fourth-order valence-electron chi connectivity index (χ4n) is 2.26. The van der Waals surface area contributed by atoms with Gasteiger partial charge in [-0.25, -0.2) is 9.97 Å². The molecule has 0 spiro atoms. The van der Waals surface area contributed by atoms with Crippen LogP contribution in [0, 0.1) is 13.8 Å². The molecule has 94 valence electrons. The van der Waals surface area contributed by atoms with Crippen molar-refractivity contribution in [1.82, 2.24) is 9.97 Å². The summed E-state index contributed by atoms with van der Waals surface area (Å²) in [6.45, 7) is 5.26. The number of nitrogens with zero attached hydrogens (tertiary/aromatic N) is 3. The zero-order valence-electron chi connectivity index (χ0n) is 10.6. The van der Waals surface area contributed by atoms with Gasteiger partial charge in [-0.2, -0.15) is 0 Å². The van der Waals surface area contributed by atoms with Crippen LogP contribution in [0.15, 0.2) is 5.16 Å². The Hall–Kier alpha value is -0.810. The lowest BCUT2D eigenvalue weighted by Gasteiger charge is -2.26.